The van der Waals surface area contributed by atoms with Crippen LogP contribution < -0.4 is 0 Å². The molecule has 2 heterocycles. The minimum absolute atomic E-state index is 0.0476. The van der Waals surface area contributed by atoms with Crippen molar-refractivity contribution in [3.05, 3.63) is 35.6 Å². The van der Waals surface area contributed by atoms with Gasteiger partial charge in [0.05, 0.1) is 19.1 Å². The standard InChI is InChI=1S/C17H22FNO3/c1-21-12-17-6-8-22-15(17)5-7-19(11-17)16(20)10-13-3-2-4-14(18)9-13/h2-4,9,15H,5-8,10-12H2,1H3/t15-,17+/m1/s1. The van der Waals surface area contributed by atoms with Crippen LogP contribution in [0.15, 0.2) is 24.3 Å². The van der Waals surface area contributed by atoms with Crippen LogP contribution >= 0.6 is 0 Å². The predicted octanol–water partition coefficient (Wildman–Crippen LogP) is 2.02. The Labute approximate surface area is 130 Å². The molecule has 0 unspecified atom stereocenters. The molecule has 120 valence electrons. The second-order valence-corrected chi connectivity index (χ2v) is 6.32. The number of ether oxygens (including phenoxy) is 2. The number of halogens is 1. The summed E-state index contributed by atoms with van der Waals surface area (Å²) in [5.74, 6) is -0.254. The predicted molar refractivity (Wildman–Crippen MR) is 80.0 cm³/mol. The van der Waals surface area contributed by atoms with Gasteiger partial charge in [0.15, 0.2) is 0 Å². The summed E-state index contributed by atoms with van der Waals surface area (Å²) in [5.41, 5.74) is 0.639. The van der Waals surface area contributed by atoms with Crippen LogP contribution in [0, 0.1) is 11.2 Å². The lowest BCUT2D eigenvalue weighted by atomic mass is 9.77. The van der Waals surface area contributed by atoms with Gasteiger partial charge in [-0.3, -0.25) is 4.79 Å². The van der Waals surface area contributed by atoms with Crippen molar-refractivity contribution in [1.29, 1.82) is 0 Å². The highest BCUT2D eigenvalue weighted by molar-refractivity contribution is 5.79. The van der Waals surface area contributed by atoms with Crippen molar-refractivity contribution in [1.82, 2.24) is 4.90 Å². The minimum atomic E-state index is -0.302. The summed E-state index contributed by atoms with van der Waals surface area (Å²) in [5, 5.41) is 0. The number of piperidine rings is 1. The molecule has 0 saturated carbocycles. The summed E-state index contributed by atoms with van der Waals surface area (Å²) in [4.78, 5) is 14.4. The van der Waals surface area contributed by atoms with Gasteiger partial charge in [-0.2, -0.15) is 0 Å². The second kappa shape index (κ2) is 6.34. The van der Waals surface area contributed by atoms with Gasteiger partial charge >= 0.3 is 0 Å². The summed E-state index contributed by atoms with van der Waals surface area (Å²) in [6.45, 7) is 2.71. The molecule has 0 aliphatic carbocycles. The number of carbonyl (C=O) groups is 1. The van der Waals surface area contributed by atoms with Crippen molar-refractivity contribution >= 4 is 5.91 Å². The number of benzene rings is 1. The quantitative estimate of drug-likeness (QED) is 0.854. The summed E-state index contributed by atoms with van der Waals surface area (Å²) in [6.07, 6.45) is 2.20. The molecule has 2 aliphatic heterocycles. The monoisotopic (exact) mass is 307 g/mol. The highest BCUT2D eigenvalue weighted by atomic mass is 19.1. The molecule has 1 aromatic rings. The number of hydrogen-bond acceptors (Lipinski definition) is 3. The van der Waals surface area contributed by atoms with Crippen LogP contribution in [0.25, 0.3) is 0 Å². The topological polar surface area (TPSA) is 38.8 Å². The first-order valence-electron chi connectivity index (χ1n) is 7.76. The zero-order valence-electron chi connectivity index (χ0n) is 12.9. The van der Waals surface area contributed by atoms with E-state index < -0.39 is 0 Å². The van der Waals surface area contributed by atoms with E-state index in [-0.39, 0.29) is 29.7 Å². The summed E-state index contributed by atoms with van der Waals surface area (Å²) < 4.78 is 24.4. The molecule has 0 radical (unpaired) electrons. The van der Waals surface area contributed by atoms with E-state index in [2.05, 4.69) is 0 Å². The van der Waals surface area contributed by atoms with Crippen molar-refractivity contribution in [3.63, 3.8) is 0 Å². The number of methoxy groups -OCH3 is 1. The Balaban J connectivity index is 1.68. The van der Waals surface area contributed by atoms with Gasteiger partial charge in [-0.1, -0.05) is 12.1 Å². The van der Waals surface area contributed by atoms with Crippen LogP contribution in [0.5, 0.6) is 0 Å². The molecule has 3 rings (SSSR count). The Morgan fingerprint density at radius 2 is 2.41 bits per heavy atom. The Bertz CT molecular complexity index is 550. The van der Waals surface area contributed by atoms with Gasteiger partial charge in [0.2, 0.25) is 5.91 Å². The maximum absolute atomic E-state index is 13.2. The fourth-order valence-electron chi connectivity index (χ4n) is 3.69. The molecule has 4 nitrogen and oxygen atoms in total. The third kappa shape index (κ3) is 3.01. The van der Waals surface area contributed by atoms with Crippen molar-refractivity contribution in [2.45, 2.75) is 25.4 Å². The molecule has 22 heavy (non-hydrogen) atoms. The number of amides is 1. The van der Waals surface area contributed by atoms with E-state index >= 15 is 0 Å². The molecule has 0 bridgehead atoms. The Morgan fingerprint density at radius 3 is 3.18 bits per heavy atom. The lowest BCUT2D eigenvalue weighted by Gasteiger charge is -2.43. The van der Waals surface area contributed by atoms with Crippen molar-refractivity contribution in [3.8, 4) is 0 Å². The van der Waals surface area contributed by atoms with Gasteiger partial charge in [-0.05, 0) is 30.5 Å². The Hall–Kier alpha value is -1.46. The Morgan fingerprint density at radius 1 is 1.55 bits per heavy atom. The van der Waals surface area contributed by atoms with Gasteiger partial charge in [0, 0.05) is 32.2 Å². The number of likely N-dealkylation sites (tertiary alicyclic amines) is 1. The zero-order chi connectivity index (χ0) is 15.6. The van der Waals surface area contributed by atoms with Crippen LogP contribution in [0.3, 0.4) is 0 Å². The molecule has 0 spiro atoms. The summed E-state index contributed by atoms with van der Waals surface area (Å²) >= 11 is 0. The third-order valence-corrected chi connectivity index (χ3v) is 4.80. The highest BCUT2D eigenvalue weighted by Crippen LogP contribution is 2.41. The number of fused-ring (bicyclic) bond motifs is 1. The number of hydrogen-bond donors (Lipinski definition) is 0. The molecular formula is C17H22FNO3. The van der Waals surface area contributed by atoms with Crippen LogP contribution in [0.1, 0.15) is 18.4 Å². The average Bonchev–Trinajstić information content (AvgIpc) is 2.90. The maximum atomic E-state index is 13.2. The summed E-state index contributed by atoms with van der Waals surface area (Å²) in [6, 6.07) is 6.25. The van der Waals surface area contributed by atoms with Crippen molar-refractivity contribution < 1.29 is 18.7 Å². The highest BCUT2D eigenvalue weighted by Gasteiger charge is 2.48. The van der Waals surface area contributed by atoms with Gasteiger partial charge in [-0.25, -0.2) is 4.39 Å². The maximum Gasteiger partial charge on any atom is 0.227 e. The molecule has 2 atom stereocenters. The SMILES string of the molecule is COC[C@@]12CCO[C@@H]1CCN(C(=O)Cc1cccc(F)c1)C2. The van der Waals surface area contributed by atoms with Crippen molar-refractivity contribution in [2.75, 3.05) is 33.4 Å². The molecule has 1 aromatic carbocycles. The number of rotatable bonds is 4. The molecule has 0 N–H and O–H groups in total. The van der Waals surface area contributed by atoms with E-state index in [1.165, 1.54) is 12.1 Å². The number of nitrogens with zero attached hydrogens (tertiary/aromatic N) is 1. The summed E-state index contributed by atoms with van der Waals surface area (Å²) in [7, 11) is 1.69. The van der Waals surface area contributed by atoms with E-state index in [1.807, 2.05) is 4.90 Å². The third-order valence-electron chi connectivity index (χ3n) is 4.80. The van der Waals surface area contributed by atoms with Crippen LogP contribution in [-0.2, 0) is 20.7 Å². The lowest BCUT2D eigenvalue weighted by Crippen LogP contribution is -2.53. The minimum Gasteiger partial charge on any atom is -0.384 e. The van der Waals surface area contributed by atoms with Gasteiger partial charge in [0.25, 0.3) is 0 Å². The Kier molecular flexibility index (Phi) is 4.45. The van der Waals surface area contributed by atoms with E-state index in [4.69, 9.17) is 9.47 Å². The first-order chi connectivity index (χ1) is 10.6. The largest absolute Gasteiger partial charge is 0.384 e. The zero-order valence-corrected chi connectivity index (χ0v) is 12.9. The van der Waals surface area contributed by atoms with Gasteiger partial charge < -0.3 is 14.4 Å². The van der Waals surface area contributed by atoms with E-state index in [0.29, 0.717) is 19.7 Å². The molecule has 1 amide bonds. The first kappa shape index (κ1) is 15.4. The normalized spacial score (nSPS) is 27.7. The average molecular weight is 307 g/mol. The van der Waals surface area contributed by atoms with Crippen LogP contribution in [0.2, 0.25) is 0 Å². The molecular weight excluding hydrogens is 285 g/mol. The smallest absolute Gasteiger partial charge is 0.227 e. The molecule has 5 heteroatoms. The molecule has 2 fully saturated rings. The molecule has 0 aromatic heterocycles. The first-order valence-corrected chi connectivity index (χ1v) is 7.76. The van der Waals surface area contributed by atoms with Crippen molar-refractivity contribution in [2.24, 2.45) is 5.41 Å². The second-order valence-electron chi connectivity index (χ2n) is 6.32. The van der Waals surface area contributed by atoms with Gasteiger partial charge in [-0.15, -0.1) is 0 Å². The molecule has 2 saturated heterocycles. The lowest BCUT2D eigenvalue weighted by molar-refractivity contribution is -0.138. The van der Waals surface area contributed by atoms with E-state index in [1.54, 1.807) is 19.2 Å². The number of carbonyl (C=O) groups excluding carboxylic acids is 1. The van der Waals surface area contributed by atoms with Gasteiger partial charge in [0.1, 0.15) is 5.82 Å². The molecule has 2 aliphatic rings. The van der Waals surface area contributed by atoms with E-state index in [9.17, 15) is 9.18 Å². The van der Waals surface area contributed by atoms with E-state index in [0.717, 1.165) is 25.0 Å². The van der Waals surface area contributed by atoms with Crippen LogP contribution in [-0.4, -0.2) is 50.3 Å². The van der Waals surface area contributed by atoms with Crippen LogP contribution in [0.4, 0.5) is 4.39 Å². The fraction of sp³-hybridized carbons (Fsp3) is 0.588. The fourth-order valence-corrected chi connectivity index (χ4v) is 3.69.